The number of hydrogen-bond donors (Lipinski definition) is 1. The number of halogens is 1. The van der Waals surface area contributed by atoms with E-state index in [1.165, 1.54) is 12.1 Å². The van der Waals surface area contributed by atoms with Crippen LogP contribution < -0.4 is 5.32 Å². The molecule has 1 N–H and O–H groups in total. The van der Waals surface area contributed by atoms with Crippen LogP contribution in [0.2, 0.25) is 0 Å². The zero-order valence-corrected chi connectivity index (χ0v) is 13.9. The van der Waals surface area contributed by atoms with Crippen LogP contribution in [0.25, 0.3) is 0 Å². The van der Waals surface area contributed by atoms with Gasteiger partial charge in [0.1, 0.15) is 5.82 Å². The van der Waals surface area contributed by atoms with E-state index >= 15 is 0 Å². The Balaban J connectivity index is 1.63. The summed E-state index contributed by atoms with van der Waals surface area (Å²) in [6.45, 7) is 5.17. The Hall–Kier alpha value is -2.54. The van der Waals surface area contributed by atoms with E-state index in [4.69, 9.17) is 4.52 Å². The van der Waals surface area contributed by atoms with Crippen LogP contribution >= 0.6 is 0 Å². The molecule has 0 spiro atoms. The van der Waals surface area contributed by atoms with Gasteiger partial charge in [-0.15, -0.1) is 6.58 Å². The van der Waals surface area contributed by atoms with Crippen LogP contribution in [0.5, 0.6) is 0 Å². The maximum absolute atomic E-state index is 13.0. The number of aromatic nitrogens is 2. The summed E-state index contributed by atoms with van der Waals surface area (Å²) >= 11 is 0. The van der Waals surface area contributed by atoms with E-state index in [1.54, 1.807) is 18.2 Å². The van der Waals surface area contributed by atoms with Crippen molar-refractivity contribution < 1.29 is 13.7 Å². The van der Waals surface area contributed by atoms with Crippen LogP contribution in [0.1, 0.15) is 36.2 Å². The molecule has 0 unspecified atom stereocenters. The van der Waals surface area contributed by atoms with Crippen LogP contribution in [0.4, 0.5) is 4.39 Å². The maximum Gasteiger partial charge on any atom is 0.244 e. The zero-order chi connectivity index (χ0) is 17.6. The molecule has 25 heavy (non-hydrogen) atoms. The first kappa shape index (κ1) is 17.3. The van der Waals surface area contributed by atoms with E-state index in [0.29, 0.717) is 31.2 Å². The molecule has 2 aromatic rings. The molecule has 3 rings (SSSR count). The van der Waals surface area contributed by atoms with E-state index in [2.05, 4.69) is 22.0 Å². The second kappa shape index (κ2) is 8.02. The fourth-order valence-electron chi connectivity index (χ4n) is 2.98. The minimum Gasteiger partial charge on any atom is -0.352 e. The molecular formula is C18H21FN4O2. The van der Waals surface area contributed by atoms with Crippen LogP contribution in [0.3, 0.4) is 0 Å². The first-order valence-electron chi connectivity index (χ1n) is 8.34. The molecule has 0 saturated carbocycles. The van der Waals surface area contributed by atoms with Gasteiger partial charge in [-0.1, -0.05) is 23.4 Å². The fraction of sp³-hybridized carbons (Fsp3) is 0.389. The summed E-state index contributed by atoms with van der Waals surface area (Å²) in [6.07, 6.45) is 4.00. The first-order valence-corrected chi connectivity index (χ1v) is 8.34. The summed E-state index contributed by atoms with van der Waals surface area (Å²) in [5.41, 5.74) is 0.917. The Morgan fingerprint density at radius 3 is 3.00 bits per heavy atom. The molecule has 1 saturated heterocycles. The zero-order valence-electron chi connectivity index (χ0n) is 13.9. The summed E-state index contributed by atoms with van der Waals surface area (Å²) in [7, 11) is 0. The van der Waals surface area contributed by atoms with Crippen molar-refractivity contribution in [1.82, 2.24) is 20.4 Å². The molecule has 0 radical (unpaired) electrons. The predicted octanol–water partition coefficient (Wildman–Crippen LogP) is 2.24. The molecule has 1 aliphatic heterocycles. The van der Waals surface area contributed by atoms with Gasteiger partial charge in [0.25, 0.3) is 0 Å². The first-order chi connectivity index (χ1) is 12.2. The summed E-state index contributed by atoms with van der Waals surface area (Å²) in [6, 6.07) is 6.20. The molecule has 0 aliphatic carbocycles. The topological polar surface area (TPSA) is 71.3 Å². The smallest absolute Gasteiger partial charge is 0.244 e. The average Bonchev–Trinajstić information content (AvgIpc) is 3.24. The van der Waals surface area contributed by atoms with Crippen LogP contribution in [-0.4, -0.2) is 40.6 Å². The van der Waals surface area contributed by atoms with E-state index < -0.39 is 0 Å². The quantitative estimate of drug-likeness (QED) is 0.780. The van der Waals surface area contributed by atoms with Crippen molar-refractivity contribution in [2.24, 2.45) is 0 Å². The molecule has 7 heteroatoms. The second-order valence-corrected chi connectivity index (χ2v) is 6.07. The third-order valence-electron chi connectivity index (χ3n) is 4.20. The van der Waals surface area contributed by atoms with Crippen LogP contribution in [-0.2, 0) is 11.2 Å². The van der Waals surface area contributed by atoms with Gasteiger partial charge >= 0.3 is 0 Å². The van der Waals surface area contributed by atoms with Gasteiger partial charge in [-0.3, -0.25) is 9.69 Å². The van der Waals surface area contributed by atoms with Gasteiger partial charge in [0, 0.05) is 13.0 Å². The standard InChI is InChI=1S/C18H21FN4O2/c1-2-9-20-17(24)12-23-10-3-4-15(23)18-21-16(22-25-18)11-13-5-7-14(19)8-6-13/h2,5-8,15H,1,3-4,9-12H2,(H,20,24)/t15-/m0/s1. The summed E-state index contributed by atoms with van der Waals surface area (Å²) < 4.78 is 18.4. The number of nitrogens with one attached hydrogen (secondary N) is 1. The van der Waals surface area contributed by atoms with Crippen molar-refractivity contribution >= 4 is 5.91 Å². The Kier molecular flexibility index (Phi) is 5.55. The van der Waals surface area contributed by atoms with Gasteiger partial charge in [-0.05, 0) is 37.1 Å². The Morgan fingerprint density at radius 1 is 1.44 bits per heavy atom. The van der Waals surface area contributed by atoms with Gasteiger partial charge in [0.15, 0.2) is 5.82 Å². The second-order valence-electron chi connectivity index (χ2n) is 6.07. The largest absolute Gasteiger partial charge is 0.352 e. The van der Waals surface area contributed by atoms with Crippen molar-refractivity contribution in [1.29, 1.82) is 0 Å². The molecule has 1 fully saturated rings. The molecule has 1 amide bonds. The number of hydrogen-bond acceptors (Lipinski definition) is 5. The Morgan fingerprint density at radius 2 is 2.24 bits per heavy atom. The maximum atomic E-state index is 13.0. The van der Waals surface area contributed by atoms with Gasteiger partial charge in [0.05, 0.1) is 12.6 Å². The minimum atomic E-state index is -0.270. The molecule has 2 heterocycles. The molecule has 1 aliphatic rings. The Labute approximate surface area is 145 Å². The van der Waals surface area contributed by atoms with E-state index in [1.807, 2.05) is 4.90 Å². The molecule has 1 aromatic heterocycles. The molecule has 1 aromatic carbocycles. The summed E-state index contributed by atoms with van der Waals surface area (Å²) in [5.74, 6) is 0.780. The lowest BCUT2D eigenvalue weighted by atomic mass is 10.1. The normalized spacial score (nSPS) is 17.6. The predicted molar refractivity (Wildman–Crippen MR) is 90.3 cm³/mol. The number of nitrogens with zero attached hydrogens (tertiary/aromatic N) is 3. The summed E-state index contributed by atoms with van der Waals surface area (Å²) in [4.78, 5) is 18.4. The minimum absolute atomic E-state index is 0.0380. The third-order valence-corrected chi connectivity index (χ3v) is 4.20. The molecule has 132 valence electrons. The average molecular weight is 344 g/mol. The van der Waals surface area contributed by atoms with Gasteiger partial charge in [-0.2, -0.15) is 4.98 Å². The third kappa shape index (κ3) is 4.51. The summed E-state index contributed by atoms with van der Waals surface area (Å²) in [5, 5.41) is 6.80. The number of carbonyl (C=O) groups excluding carboxylic acids is 1. The lowest BCUT2D eigenvalue weighted by Gasteiger charge is -2.20. The Bertz CT molecular complexity index is 729. The number of likely N-dealkylation sites (tertiary alicyclic amines) is 1. The molecule has 0 bridgehead atoms. The SMILES string of the molecule is C=CCNC(=O)CN1CCC[C@H]1c1nc(Cc2ccc(F)cc2)no1. The van der Waals surface area contributed by atoms with E-state index in [9.17, 15) is 9.18 Å². The van der Waals surface area contributed by atoms with Crippen LogP contribution in [0, 0.1) is 5.82 Å². The van der Waals surface area contributed by atoms with Gasteiger partial charge in [-0.25, -0.2) is 4.39 Å². The molecular weight excluding hydrogens is 323 g/mol. The lowest BCUT2D eigenvalue weighted by molar-refractivity contribution is -0.122. The van der Waals surface area contributed by atoms with E-state index in [-0.39, 0.29) is 17.8 Å². The van der Waals surface area contributed by atoms with Gasteiger partial charge in [0.2, 0.25) is 11.8 Å². The molecule has 6 nitrogen and oxygen atoms in total. The number of rotatable bonds is 7. The monoisotopic (exact) mass is 344 g/mol. The van der Waals surface area contributed by atoms with Gasteiger partial charge < -0.3 is 9.84 Å². The van der Waals surface area contributed by atoms with Crippen molar-refractivity contribution in [2.75, 3.05) is 19.6 Å². The highest BCUT2D eigenvalue weighted by atomic mass is 19.1. The van der Waals surface area contributed by atoms with Crippen LogP contribution in [0.15, 0.2) is 41.4 Å². The van der Waals surface area contributed by atoms with Crippen molar-refractivity contribution in [3.63, 3.8) is 0 Å². The highest BCUT2D eigenvalue weighted by Crippen LogP contribution is 2.30. The van der Waals surface area contributed by atoms with Crippen molar-refractivity contribution in [3.05, 3.63) is 60.0 Å². The lowest BCUT2D eigenvalue weighted by Crippen LogP contribution is -2.37. The van der Waals surface area contributed by atoms with Crippen molar-refractivity contribution in [3.8, 4) is 0 Å². The number of carbonyl (C=O) groups is 1. The highest BCUT2D eigenvalue weighted by Gasteiger charge is 2.31. The van der Waals surface area contributed by atoms with Crippen molar-refractivity contribution in [2.45, 2.75) is 25.3 Å². The number of benzene rings is 1. The van der Waals surface area contributed by atoms with E-state index in [0.717, 1.165) is 24.9 Å². The fourth-order valence-corrected chi connectivity index (χ4v) is 2.98. The number of amides is 1. The highest BCUT2D eigenvalue weighted by molar-refractivity contribution is 5.78. The molecule has 1 atom stereocenters.